The lowest BCUT2D eigenvalue weighted by Gasteiger charge is -2.12. The quantitative estimate of drug-likeness (QED) is 0.663. The van der Waals surface area contributed by atoms with Gasteiger partial charge in [0, 0.05) is 18.7 Å². The third kappa shape index (κ3) is 3.42. The molecule has 7 heteroatoms. The van der Waals surface area contributed by atoms with Crippen LogP contribution in [0.15, 0.2) is 10.7 Å². The molecular formula is C12H16BrN3O3. The van der Waals surface area contributed by atoms with Crippen LogP contribution in [0.2, 0.25) is 0 Å². The normalized spacial score (nSPS) is 18.5. The van der Waals surface area contributed by atoms with Crippen LogP contribution in [0.25, 0.3) is 0 Å². The lowest BCUT2D eigenvalue weighted by molar-refractivity contribution is -0.385. The minimum absolute atomic E-state index is 0.0246. The number of hydrogen-bond donors (Lipinski definition) is 1. The van der Waals surface area contributed by atoms with Crippen molar-refractivity contribution < 1.29 is 9.66 Å². The van der Waals surface area contributed by atoms with E-state index in [2.05, 4.69) is 26.2 Å². The monoisotopic (exact) mass is 329 g/mol. The fraction of sp³-hybridized carbons (Fsp3) is 0.583. The average Bonchev–Trinajstić information content (AvgIpc) is 2.87. The van der Waals surface area contributed by atoms with Gasteiger partial charge < -0.3 is 10.1 Å². The molecule has 1 aliphatic heterocycles. The maximum atomic E-state index is 10.8. The minimum Gasteiger partial charge on any atom is -0.378 e. The van der Waals surface area contributed by atoms with E-state index in [0.29, 0.717) is 22.0 Å². The van der Waals surface area contributed by atoms with Crippen molar-refractivity contribution >= 4 is 27.4 Å². The predicted molar refractivity (Wildman–Crippen MR) is 75.4 cm³/mol. The zero-order valence-electron chi connectivity index (χ0n) is 10.7. The first-order chi connectivity index (χ1) is 9.09. The summed E-state index contributed by atoms with van der Waals surface area (Å²) in [6.45, 7) is 3.30. The molecule has 0 amide bonds. The second kappa shape index (κ2) is 6.29. The SMILES string of the molecule is Cc1c([N+](=O)[O-])cnc(NCCC2CCCO2)c1Br. The molecule has 104 valence electrons. The summed E-state index contributed by atoms with van der Waals surface area (Å²) in [6.07, 6.45) is 4.77. The molecular weight excluding hydrogens is 314 g/mol. The van der Waals surface area contributed by atoms with Gasteiger partial charge >= 0.3 is 0 Å². The van der Waals surface area contributed by atoms with Crippen molar-refractivity contribution in [2.75, 3.05) is 18.5 Å². The third-order valence-electron chi connectivity index (χ3n) is 3.22. The molecule has 1 aromatic heterocycles. The molecule has 0 bridgehead atoms. The van der Waals surface area contributed by atoms with Crippen molar-refractivity contribution in [2.45, 2.75) is 32.3 Å². The summed E-state index contributed by atoms with van der Waals surface area (Å²) in [5, 5.41) is 14.0. The number of ether oxygens (including phenoxy) is 1. The van der Waals surface area contributed by atoms with Crippen molar-refractivity contribution in [1.82, 2.24) is 4.98 Å². The van der Waals surface area contributed by atoms with E-state index in [0.717, 1.165) is 32.4 Å². The third-order valence-corrected chi connectivity index (χ3v) is 4.19. The molecule has 0 spiro atoms. The van der Waals surface area contributed by atoms with Gasteiger partial charge in [0.05, 0.1) is 15.5 Å². The molecule has 0 saturated carbocycles. The maximum absolute atomic E-state index is 10.8. The Balaban J connectivity index is 1.96. The van der Waals surface area contributed by atoms with E-state index in [4.69, 9.17) is 4.74 Å². The first-order valence-electron chi connectivity index (χ1n) is 6.24. The number of anilines is 1. The van der Waals surface area contributed by atoms with Crippen LogP contribution in [0.3, 0.4) is 0 Å². The van der Waals surface area contributed by atoms with Gasteiger partial charge in [0.2, 0.25) is 0 Å². The van der Waals surface area contributed by atoms with Crippen molar-refractivity contribution in [3.63, 3.8) is 0 Å². The summed E-state index contributed by atoms with van der Waals surface area (Å²) in [5.74, 6) is 0.640. The van der Waals surface area contributed by atoms with E-state index < -0.39 is 4.92 Å². The molecule has 2 rings (SSSR count). The Hall–Kier alpha value is -1.21. The summed E-state index contributed by atoms with van der Waals surface area (Å²) in [7, 11) is 0. The lowest BCUT2D eigenvalue weighted by atomic mass is 10.2. The highest BCUT2D eigenvalue weighted by Gasteiger charge is 2.18. The van der Waals surface area contributed by atoms with Crippen LogP contribution in [0.1, 0.15) is 24.8 Å². The first kappa shape index (κ1) is 14.2. The lowest BCUT2D eigenvalue weighted by Crippen LogP contribution is -2.13. The van der Waals surface area contributed by atoms with E-state index in [1.807, 2.05) is 0 Å². The van der Waals surface area contributed by atoms with Crippen molar-refractivity contribution in [2.24, 2.45) is 0 Å². The first-order valence-corrected chi connectivity index (χ1v) is 7.04. The molecule has 1 N–H and O–H groups in total. The second-order valence-electron chi connectivity index (χ2n) is 4.54. The summed E-state index contributed by atoms with van der Waals surface area (Å²) in [4.78, 5) is 14.4. The van der Waals surface area contributed by atoms with Crippen LogP contribution >= 0.6 is 15.9 Å². The van der Waals surface area contributed by atoms with Crippen molar-refractivity contribution in [3.8, 4) is 0 Å². The molecule has 19 heavy (non-hydrogen) atoms. The van der Waals surface area contributed by atoms with E-state index in [9.17, 15) is 10.1 Å². The van der Waals surface area contributed by atoms with Gasteiger partial charge in [-0.25, -0.2) is 4.98 Å². The number of pyridine rings is 1. The van der Waals surface area contributed by atoms with Gasteiger partial charge in [-0.05, 0) is 42.1 Å². The van der Waals surface area contributed by atoms with E-state index in [-0.39, 0.29) is 5.69 Å². The predicted octanol–water partition coefficient (Wildman–Crippen LogP) is 3.04. The summed E-state index contributed by atoms with van der Waals surface area (Å²) in [5.41, 5.74) is 0.608. The molecule has 1 aliphatic rings. The van der Waals surface area contributed by atoms with E-state index >= 15 is 0 Å². The number of rotatable bonds is 5. The van der Waals surface area contributed by atoms with Gasteiger partial charge in [0.15, 0.2) is 0 Å². The molecule has 0 radical (unpaired) electrons. The molecule has 6 nitrogen and oxygen atoms in total. The number of halogens is 1. The summed E-state index contributed by atoms with van der Waals surface area (Å²) >= 11 is 3.35. The Kier molecular flexibility index (Phi) is 4.71. The minimum atomic E-state index is -0.427. The van der Waals surface area contributed by atoms with Gasteiger partial charge in [0.1, 0.15) is 12.0 Å². The Morgan fingerprint density at radius 1 is 1.68 bits per heavy atom. The van der Waals surface area contributed by atoms with Gasteiger partial charge in [0.25, 0.3) is 5.69 Å². The Bertz CT molecular complexity index is 476. The summed E-state index contributed by atoms with van der Waals surface area (Å²) < 4.78 is 6.18. The number of aromatic nitrogens is 1. The van der Waals surface area contributed by atoms with Crippen molar-refractivity contribution in [3.05, 3.63) is 26.3 Å². The zero-order chi connectivity index (χ0) is 13.8. The number of nitrogens with zero attached hydrogens (tertiary/aromatic N) is 2. The van der Waals surface area contributed by atoms with Gasteiger partial charge in [-0.2, -0.15) is 0 Å². The Morgan fingerprint density at radius 3 is 3.11 bits per heavy atom. The van der Waals surface area contributed by atoms with Crippen molar-refractivity contribution in [1.29, 1.82) is 0 Å². The van der Waals surface area contributed by atoms with Gasteiger partial charge in [-0.1, -0.05) is 0 Å². The highest BCUT2D eigenvalue weighted by Crippen LogP contribution is 2.30. The number of hydrogen-bond acceptors (Lipinski definition) is 5. The van der Waals surface area contributed by atoms with Crippen LogP contribution in [-0.2, 0) is 4.74 Å². The Labute approximate surface area is 119 Å². The largest absolute Gasteiger partial charge is 0.378 e. The van der Waals surface area contributed by atoms with E-state index in [1.165, 1.54) is 6.20 Å². The topological polar surface area (TPSA) is 77.3 Å². The highest BCUT2D eigenvalue weighted by molar-refractivity contribution is 9.10. The maximum Gasteiger partial charge on any atom is 0.291 e. The van der Waals surface area contributed by atoms with Gasteiger partial charge in [-0.3, -0.25) is 10.1 Å². The van der Waals surface area contributed by atoms with Crippen LogP contribution in [0, 0.1) is 17.0 Å². The molecule has 1 atom stereocenters. The van der Waals surface area contributed by atoms with Gasteiger partial charge in [-0.15, -0.1) is 0 Å². The summed E-state index contributed by atoms with van der Waals surface area (Å²) in [6, 6.07) is 0. The average molecular weight is 330 g/mol. The molecule has 1 saturated heterocycles. The standard InChI is InChI=1S/C12H16BrN3O3/c1-8-10(16(17)18)7-15-12(11(8)13)14-5-4-9-3-2-6-19-9/h7,9H,2-6H2,1H3,(H,14,15). The molecule has 2 heterocycles. The molecule has 1 unspecified atom stereocenters. The molecule has 1 aromatic rings. The van der Waals surface area contributed by atoms with Crippen LogP contribution in [0.5, 0.6) is 0 Å². The van der Waals surface area contributed by atoms with Crippen LogP contribution in [-0.4, -0.2) is 29.2 Å². The molecule has 0 aromatic carbocycles. The smallest absolute Gasteiger partial charge is 0.291 e. The zero-order valence-corrected chi connectivity index (χ0v) is 12.3. The molecule has 0 aliphatic carbocycles. The fourth-order valence-corrected chi connectivity index (χ4v) is 2.55. The van der Waals surface area contributed by atoms with Crippen LogP contribution in [0.4, 0.5) is 11.5 Å². The Morgan fingerprint density at radius 2 is 2.47 bits per heavy atom. The number of nitro groups is 1. The fourth-order valence-electron chi connectivity index (χ4n) is 2.10. The van der Waals surface area contributed by atoms with E-state index in [1.54, 1.807) is 6.92 Å². The van der Waals surface area contributed by atoms with Crippen LogP contribution < -0.4 is 5.32 Å². The number of nitrogens with one attached hydrogen (secondary N) is 1. The molecule has 1 fully saturated rings. The second-order valence-corrected chi connectivity index (χ2v) is 5.33. The highest BCUT2D eigenvalue weighted by atomic mass is 79.9.